The summed E-state index contributed by atoms with van der Waals surface area (Å²) >= 11 is 0. The lowest BCUT2D eigenvalue weighted by atomic mass is 9.78. The number of carbonyl (C=O) groups excluding carboxylic acids is 1. The Kier molecular flexibility index (Phi) is 6.38. The largest absolute Gasteiger partial charge is 0.480 e. The number of benzene rings is 3. The zero-order chi connectivity index (χ0) is 26.0. The van der Waals surface area contributed by atoms with Gasteiger partial charge in [-0.15, -0.1) is 0 Å². The highest BCUT2D eigenvalue weighted by molar-refractivity contribution is 5.89. The SMILES string of the molecule is Cc1onc(C#Cc2ccc3cc(C4(C(=O)O)COC4)ccc3c2)c1NC(=O)OC(C)c1ccccc1. The van der Waals surface area contributed by atoms with Gasteiger partial charge in [0.1, 0.15) is 17.2 Å². The first-order valence-corrected chi connectivity index (χ1v) is 11.7. The highest BCUT2D eigenvalue weighted by Crippen LogP contribution is 2.34. The molecule has 186 valence electrons. The van der Waals surface area contributed by atoms with Crippen molar-refractivity contribution >= 4 is 28.5 Å². The van der Waals surface area contributed by atoms with E-state index in [-0.39, 0.29) is 18.9 Å². The van der Waals surface area contributed by atoms with Gasteiger partial charge in [0, 0.05) is 5.56 Å². The van der Waals surface area contributed by atoms with E-state index in [4.69, 9.17) is 14.0 Å². The molecule has 8 nitrogen and oxygen atoms in total. The van der Waals surface area contributed by atoms with Crippen LogP contribution in [0.5, 0.6) is 0 Å². The fourth-order valence-electron chi connectivity index (χ4n) is 4.16. The fourth-order valence-corrected chi connectivity index (χ4v) is 4.16. The zero-order valence-corrected chi connectivity index (χ0v) is 20.3. The molecule has 4 aromatic rings. The number of aryl methyl sites for hydroxylation is 1. The van der Waals surface area contributed by atoms with Gasteiger partial charge in [-0.05, 0) is 59.9 Å². The topological polar surface area (TPSA) is 111 Å². The lowest BCUT2D eigenvalue weighted by Gasteiger charge is -2.37. The molecule has 0 aliphatic carbocycles. The van der Waals surface area contributed by atoms with Gasteiger partial charge in [-0.25, -0.2) is 4.79 Å². The van der Waals surface area contributed by atoms with Gasteiger partial charge in [-0.2, -0.15) is 0 Å². The van der Waals surface area contributed by atoms with Crippen LogP contribution >= 0.6 is 0 Å². The Hall–Kier alpha value is -4.61. The molecular weight excluding hydrogens is 472 g/mol. The van der Waals surface area contributed by atoms with E-state index in [1.165, 1.54) is 0 Å². The number of rotatable bonds is 5. The summed E-state index contributed by atoms with van der Waals surface area (Å²) < 4.78 is 15.9. The van der Waals surface area contributed by atoms with Crippen molar-refractivity contribution in [3.63, 3.8) is 0 Å². The van der Waals surface area contributed by atoms with Crippen LogP contribution in [-0.2, 0) is 19.7 Å². The van der Waals surface area contributed by atoms with Gasteiger partial charge in [0.05, 0.1) is 13.2 Å². The van der Waals surface area contributed by atoms with Gasteiger partial charge < -0.3 is 19.1 Å². The van der Waals surface area contributed by atoms with Crippen molar-refractivity contribution in [3.05, 3.63) is 94.9 Å². The van der Waals surface area contributed by atoms with Crippen LogP contribution in [0.25, 0.3) is 10.8 Å². The van der Waals surface area contributed by atoms with Crippen molar-refractivity contribution in [2.24, 2.45) is 0 Å². The predicted octanol–water partition coefficient (Wildman–Crippen LogP) is 5.20. The van der Waals surface area contributed by atoms with E-state index in [0.717, 1.165) is 27.5 Å². The van der Waals surface area contributed by atoms with Crippen LogP contribution in [0.2, 0.25) is 0 Å². The van der Waals surface area contributed by atoms with E-state index in [1.54, 1.807) is 13.8 Å². The maximum absolute atomic E-state index is 12.5. The Labute approximate surface area is 213 Å². The van der Waals surface area contributed by atoms with Crippen molar-refractivity contribution in [2.75, 3.05) is 18.5 Å². The molecule has 5 rings (SSSR count). The molecule has 1 saturated heterocycles. The van der Waals surface area contributed by atoms with Crippen molar-refractivity contribution in [1.29, 1.82) is 0 Å². The number of hydrogen-bond donors (Lipinski definition) is 2. The van der Waals surface area contributed by atoms with Crippen LogP contribution in [0.15, 0.2) is 71.3 Å². The number of carboxylic acid groups (broad SMARTS) is 1. The number of fused-ring (bicyclic) bond motifs is 1. The average molecular weight is 497 g/mol. The van der Waals surface area contributed by atoms with Gasteiger partial charge in [0.15, 0.2) is 11.5 Å². The second-order valence-corrected chi connectivity index (χ2v) is 8.95. The van der Waals surface area contributed by atoms with Gasteiger partial charge in [0.2, 0.25) is 0 Å². The standard InChI is InChI=1S/C29H24N2O6/c1-18(21-6-4-3-5-7-21)36-28(34)30-26-19(2)37-31-25(26)13-9-20-8-10-23-15-24(12-11-22(23)14-20)29(27(32)33)16-35-17-29/h3-8,10-12,14-15,18H,16-17H2,1-2H3,(H,30,34)(H,32,33). The fraction of sp³-hybridized carbons (Fsp3) is 0.207. The number of carboxylic acids is 1. The van der Waals surface area contributed by atoms with Gasteiger partial charge in [-0.1, -0.05) is 59.6 Å². The molecule has 1 aliphatic heterocycles. The number of aliphatic carboxylic acids is 1. The molecule has 1 atom stereocenters. The number of nitrogens with one attached hydrogen (secondary N) is 1. The minimum absolute atomic E-state index is 0.170. The number of aromatic nitrogens is 1. The quantitative estimate of drug-likeness (QED) is 0.366. The van der Waals surface area contributed by atoms with Crippen molar-refractivity contribution in [1.82, 2.24) is 5.16 Å². The number of amides is 1. The molecule has 0 radical (unpaired) electrons. The Bertz CT molecular complexity index is 1540. The van der Waals surface area contributed by atoms with Crippen LogP contribution in [0, 0.1) is 18.8 Å². The lowest BCUT2D eigenvalue weighted by molar-refractivity contribution is -0.163. The van der Waals surface area contributed by atoms with Crippen LogP contribution in [-0.4, -0.2) is 35.5 Å². The molecule has 1 aliphatic rings. The van der Waals surface area contributed by atoms with Crippen molar-refractivity contribution < 1.29 is 28.7 Å². The Balaban J connectivity index is 1.33. The summed E-state index contributed by atoms with van der Waals surface area (Å²) in [6, 6.07) is 20.7. The lowest BCUT2D eigenvalue weighted by Crippen LogP contribution is -2.53. The monoisotopic (exact) mass is 496 g/mol. The molecule has 3 aromatic carbocycles. The molecule has 37 heavy (non-hydrogen) atoms. The first kappa shape index (κ1) is 24.1. The summed E-state index contributed by atoms with van der Waals surface area (Å²) in [5.41, 5.74) is 1.98. The zero-order valence-electron chi connectivity index (χ0n) is 20.3. The second kappa shape index (κ2) is 9.80. The molecule has 0 spiro atoms. The molecule has 2 N–H and O–H groups in total. The number of carbonyl (C=O) groups is 2. The molecule has 1 fully saturated rings. The van der Waals surface area contributed by atoms with E-state index < -0.39 is 23.6 Å². The number of ether oxygens (including phenoxy) is 2. The van der Waals surface area contributed by atoms with Gasteiger partial charge in [0.25, 0.3) is 0 Å². The van der Waals surface area contributed by atoms with E-state index in [1.807, 2.05) is 66.7 Å². The third-order valence-corrected chi connectivity index (χ3v) is 6.47. The third kappa shape index (κ3) is 4.77. The molecule has 2 heterocycles. The third-order valence-electron chi connectivity index (χ3n) is 6.47. The Morgan fingerprint density at radius 2 is 1.78 bits per heavy atom. The summed E-state index contributed by atoms with van der Waals surface area (Å²) in [6.07, 6.45) is -1.07. The van der Waals surface area contributed by atoms with Crippen molar-refractivity contribution in [2.45, 2.75) is 25.4 Å². The van der Waals surface area contributed by atoms with Crippen LogP contribution in [0.3, 0.4) is 0 Å². The number of hydrogen-bond acceptors (Lipinski definition) is 6. The maximum Gasteiger partial charge on any atom is 0.412 e. The summed E-state index contributed by atoms with van der Waals surface area (Å²) in [7, 11) is 0. The summed E-state index contributed by atoms with van der Waals surface area (Å²) in [5.74, 6) is 5.53. The minimum Gasteiger partial charge on any atom is -0.480 e. The molecule has 1 unspecified atom stereocenters. The smallest absolute Gasteiger partial charge is 0.412 e. The van der Waals surface area contributed by atoms with E-state index >= 15 is 0 Å². The molecule has 0 bridgehead atoms. The van der Waals surface area contributed by atoms with Crippen LogP contribution < -0.4 is 5.32 Å². The van der Waals surface area contributed by atoms with E-state index in [9.17, 15) is 14.7 Å². The minimum atomic E-state index is -0.985. The van der Waals surface area contributed by atoms with Gasteiger partial charge in [-0.3, -0.25) is 10.1 Å². The number of anilines is 1. The average Bonchev–Trinajstić information content (AvgIpc) is 3.21. The molecule has 0 saturated carbocycles. The van der Waals surface area contributed by atoms with Crippen LogP contribution in [0.4, 0.5) is 10.5 Å². The summed E-state index contributed by atoms with van der Waals surface area (Å²) in [6.45, 7) is 3.81. The number of nitrogens with zero attached hydrogens (tertiary/aromatic N) is 1. The predicted molar refractivity (Wildman–Crippen MR) is 136 cm³/mol. The molecule has 8 heteroatoms. The van der Waals surface area contributed by atoms with Crippen molar-refractivity contribution in [3.8, 4) is 11.8 Å². The first-order chi connectivity index (χ1) is 17.9. The summed E-state index contributed by atoms with van der Waals surface area (Å²) in [5, 5.41) is 18.1. The highest BCUT2D eigenvalue weighted by atomic mass is 16.6. The molecular formula is C29H24N2O6. The van der Waals surface area contributed by atoms with E-state index in [0.29, 0.717) is 11.4 Å². The normalized spacial score (nSPS) is 14.6. The van der Waals surface area contributed by atoms with E-state index in [2.05, 4.69) is 22.3 Å². The first-order valence-electron chi connectivity index (χ1n) is 11.7. The Morgan fingerprint density at radius 1 is 1.05 bits per heavy atom. The molecule has 1 aromatic heterocycles. The van der Waals surface area contributed by atoms with Gasteiger partial charge >= 0.3 is 12.1 Å². The second-order valence-electron chi connectivity index (χ2n) is 8.95. The molecule has 1 amide bonds. The highest BCUT2D eigenvalue weighted by Gasteiger charge is 2.47. The Morgan fingerprint density at radius 3 is 2.49 bits per heavy atom. The maximum atomic E-state index is 12.5. The summed E-state index contributed by atoms with van der Waals surface area (Å²) in [4.78, 5) is 24.3. The van der Waals surface area contributed by atoms with Crippen LogP contribution in [0.1, 0.15) is 41.2 Å².